The molecule has 0 aliphatic rings. The molecule has 0 saturated carbocycles. The average Bonchev–Trinajstić information content (AvgIpc) is 2.02. The zero-order chi connectivity index (χ0) is 11.2. The first-order valence-electron chi connectivity index (χ1n) is 5.42. The van der Waals surface area contributed by atoms with Crippen LogP contribution in [0.2, 0.25) is 0 Å². The molecule has 0 bridgehead atoms. The van der Waals surface area contributed by atoms with Gasteiger partial charge in [0.2, 0.25) is 5.91 Å². The van der Waals surface area contributed by atoms with Gasteiger partial charge in [-0.2, -0.15) is 0 Å². The molecule has 0 unspecified atom stereocenters. The van der Waals surface area contributed by atoms with Crippen LogP contribution in [0.3, 0.4) is 0 Å². The molecule has 0 radical (unpaired) electrons. The van der Waals surface area contributed by atoms with E-state index in [2.05, 4.69) is 31.4 Å². The standard InChI is InChI=1S/C11H24N2O/c1-6-11(4,5)13-10(14)7-8-12-9(2)3/h9,12H,6-8H2,1-5H3,(H,13,14). The Kier molecular flexibility index (Phi) is 5.77. The Morgan fingerprint density at radius 1 is 1.36 bits per heavy atom. The van der Waals surface area contributed by atoms with Crippen molar-refractivity contribution in [1.82, 2.24) is 10.6 Å². The van der Waals surface area contributed by atoms with Crippen LogP contribution in [0.15, 0.2) is 0 Å². The first kappa shape index (κ1) is 13.4. The molecule has 0 atom stereocenters. The van der Waals surface area contributed by atoms with Gasteiger partial charge in [-0.3, -0.25) is 4.79 Å². The van der Waals surface area contributed by atoms with Crippen LogP contribution in [0, 0.1) is 0 Å². The van der Waals surface area contributed by atoms with Gasteiger partial charge in [-0.15, -0.1) is 0 Å². The van der Waals surface area contributed by atoms with E-state index in [-0.39, 0.29) is 11.4 Å². The molecule has 0 aromatic rings. The minimum absolute atomic E-state index is 0.0745. The van der Waals surface area contributed by atoms with E-state index in [1.165, 1.54) is 0 Å². The summed E-state index contributed by atoms with van der Waals surface area (Å²) in [5.74, 6) is 0.130. The summed E-state index contributed by atoms with van der Waals surface area (Å²) >= 11 is 0. The number of hydrogen-bond donors (Lipinski definition) is 2. The molecule has 0 aliphatic heterocycles. The summed E-state index contributed by atoms with van der Waals surface area (Å²) < 4.78 is 0. The van der Waals surface area contributed by atoms with E-state index in [9.17, 15) is 4.79 Å². The SMILES string of the molecule is CCC(C)(C)NC(=O)CCNC(C)C. The first-order valence-corrected chi connectivity index (χ1v) is 5.42. The van der Waals surface area contributed by atoms with E-state index in [1.54, 1.807) is 0 Å². The van der Waals surface area contributed by atoms with Gasteiger partial charge < -0.3 is 10.6 Å². The fourth-order valence-electron chi connectivity index (χ4n) is 1.00. The molecule has 0 saturated heterocycles. The van der Waals surface area contributed by atoms with Crippen molar-refractivity contribution in [2.45, 2.75) is 59.0 Å². The molecule has 2 N–H and O–H groups in total. The number of amides is 1. The Hall–Kier alpha value is -0.570. The topological polar surface area (TPSA) is 41.1 Å². The minimum Gasteiger partial charge on any atom is -0.351 e. The lowest BCUT2D eigenvalue weighted by molar-refractivity contribution is -0.122. The van der Waals surface area contributed by atoms with Crippen LogP contribution in [0.4, 0.5) is 0 Å². The molecule has 3 nitrogen and oxygen atoms in total. The molecule has 14 heavy (non-hydrogen) atoms. The van der Waals surface area contributed by atoms with Gasteiger partial charge in [0.25, 0.3) is 0 Å². The minimum atomic E-state index is -0.0745. The average molecular weight is 200 g/mol. The Labute approximate surface area is 87.6 Å². The predicted octanol–water partition coefficient (Wildman–Crippen LogP) is 1.68. The zero-order valence-electron chi connectivity index (χ0n) is 10.1. The van der Waals surface area contributed by atoms with Crippen LogP contribution < -0.4 is 10.6 Å². The molecular formula is C11H24N2O. The number of nitrogens with one attached hydrogen (secondary N) is 2. The van der Waals surface area contributed by atoms with Crippen molar-refractivity contribution >= 4 is 5.91 Å². The molecule has 0 rings (SSSR count). The summed E-state index contributed by atoms with van der Waals surface area (Å²) in [6.07, 6.45) is 1.51. The van der Waals surface area contributed by atoms with Crippen LogP contribution in [0.25, 0.3) is 0 Å². The molecular weight excluding hydrogens is 176 g/mol. The van der Waals surface area contributed by atoms with Gasteiger partial charge in [-0.1, -0.05) is 20.8 Å². The van der Waals surface area contributed by atoms with Gasteiger partial charge in [-0.25, -0.2) is 0 Å². The fraction of sp³-hybridized carbons (Fsp3) is 0.909. The van der Waals surface area contributed by atoms with Crippen molar-refractivity contribution in [3.05, 3.63) is 0 Å². The highest BCUT2D eigenvalue weighted by molar-refractivity contribution is 5.76. The summed E-state index contributed by atoms with van der Waals surface area (Å²) in [4.78, 5) is 11.4. The lowest BCUT2D eigenvalue weighted by atomic mass is 10.0. The van der Waals surface area contributed by atoms with Crippen LogP contribution in [0.5, 0.6) is 0 Å². The second-order valence-corrected chi connectivity index (χ2v) is 4.64. The fourth-order valence-corrected chi connectivity index (χ4v) is 1.00. The van der Waals surface area contributed by atoms with E-state index in [0.29, 0.717) is 12.5 Å². The molecule has 0 aromatic heterocycles. The lowest BCUT2D eigenvalue weighted by Crippen LogP contribution is -2.43. The normalized spacial score (nSPS) is 11.9. The van der Waals surface area contributed by atoms with Crippen LogP contribution in [-0.4, -0.2) is 24.0 Å². The van der Waals surface area contributed by atoms with E-state index >= 15 is 0 Å². The van der Waals surface area contributed by atoms with Crippen molar-refractivity contribution in [2.24, 2.45) is 0 Å². The quantitative estimate of drug-likeness (QED) is 0.685. The van der Waals surface area contributed by atoms with Gasteiger partial charge >= 0.3 is 0 Å². The molecule has 1 amide bonds. The lowest BCUT2D eigenvalue weighted by Gasteiger charge is -2.24. The molecule has 0 aliphatic carbocycles. The van der Waals surface area contributed by atoms with E-state index < -0.39 is 0 Å². The number of carbonyl (C=O) groups is 1. The van der Waals surface area contributed by atoms with Gasteiger partial charge in [0.15, 0.2) is 0 Å². The second-order valence-electron chi connectivity index (χ2n) is 4.64. The van der Waals surface area contributed by atoms with Gasteiger partial charge in [0.1, 0.15) is 0 Å². The van der Waals surface area contributed by atoms with Crippen molar-refractivity contribution < 1.29 is 4.79 Å². The summed E-state index contributed by atoms with van der Waals surface area (Å²) in [6, 6.07) is 0.446. The Bertz CT molecular complexity index is 176. The Morgan fingerprint density at radius 3 is 2.36 bits per heavy atom. The highest BCUT2D eigenvalue weighted by Gasteiger charge is 2.16. The summed E-state index contributed by atoms with van der Waals surface area (Å²) in [5, 5.41) is 6.22. The summed E-state index contributed by atoms with van der Waals surface area (Å²) in [5.41, 5.74) is -0.0745. The van der Waals surface area contributed by atoms with Gasteiger partial charge in [-0.05, 0) is 20.3 Å². The summed E-state index contributed by atoms with van der Waals surface area (Å²) in [6.45, 7) is 11.1. The van der Waals surface area contributed by atoms with Crippen molar-refractivity contribution in [3.63, 3.8) is 0 Å². The maximum atomic E-state index is 11.4. The van der Waals surface area contributed by atoms with Crippen LogP contribution >= 0.6 is 0 Å². The largest absolute Gasteiger partial charge is 0.351 e. The third-order valence-electron chi connectivity index (χ3n) is 2.27. The van der Waals surface area contributed by atoms with E-state index in [1.807, 2.05) is 13.8 Å². The number of rotatable bonds is 6. The smallest absolute Gasteiger partial charge is 0.221 e. The first-order chi connectivity index (χ1) is 6.37. The van der Waals surface area contributed by atoms with Crippen LogP contribution in [-0.2, 0) is 4.79 Å². The van der Waals surface area contributed by atoms with Crippen LogP contribution in [0.1, 0.15) is 47.5 Å². The van der Waals surface area contributed by atoms with Crippen molar-refractivity contribution in [3.8, 4) is 0 Å². The monoisotopic (exact) mass is 200 g/mol. The molecule has 84 valence electrons. The second kappa shape index (κ2) is 6.02. The van der Waals surface area contributed by atoms with E-state index in [0.717, 1.165) is 13.0 Å². The van der Waals surface area contributed by atoms with Gasteiger partial charge in [0, 0.05) is 24.5 Å². The predicted molar refractivity (Wildman–Crippen MR) is 60.3 cm³/mol. The number of hydrogen-bond acceptors (Lipinski definition) is 2. The zero-order valence-corrected chi connectivity index (χ0v) is 10.1. The van der Waals surface area contributed by atoms with Crippen molar-refractivity contribution in [2.75, 3.05) is 6.54 Å². The van der Waals surface area contributed by atoms with Gasteiger partial charge in [0.05, 0.1) is 0 Å². The summed E-state index contributed by atoms with van der Waals surface area (Å²) in [7, 11) is 0. The third kappa shape index (κ3) is 6.89. The Balaban J connectivity index is 3.66. The molecule has 0 heterocycles. The third-order valence-corrected chi connectivity index (χ3v) is 2.27. The maximum absolute atomic E-state index is 11.4. The highest BCUT2D eigenvalue weighted by Crippen LogP contribution is 2.06. The molecule has 0 spiro atoms. The maximum Gasteiger partial charge on any atom is 0.221 e. The number of carbonyl (C=O) groups excluding carboxylic acids is 1. The molecule has 0 aromatic carbocycles. The molecule has 3 heteroatoms. The van der Waals surface area contributed by atoms with Crippen molar-refractivity contribution in [1.29, 1.82) is 0 Å². The molecule has 0 fully saturated rings. The van der Waals surface area contributed by atoms with E-state index in [4.69, 9.17) is 0 Å². The Morgan fingerprint density at radius 2 is 1.93 bits per heavy atom. The highest BCUT2D eigenvalue weighted by atomic mass is 16.1.